The molecule has 0 atom stereocenters. The van der Waals surface area contributed by atoms with Gasteiger partial charge in [0.2, 0.25) is 5.95 Å². The first-order valence-electron chi connectivity index (χ1n) is 7.03. The Hall–Kier alpha value is -1.69. The standard InChI is InChI=1S/C14H21N5O/c1-10-9-11(14(2,3)4)15-12-16-13(17-19(10)12)18-5-7-20-8-6-18/h9H,5-8H2,1-4H3. The smallest absolute Gasteiger partial charge is 0.254 e. The molecular formula is C14H21N5O. The number of nitrogens with zero attached hydrogens (tertiary/aromatic N) is 5. The SMILES string of the molecule is Cc1cc(C(C)(C)C)nc2nc(N3CCOCC3)nn12. The second kappa shape index (κ2) is 4.70. The Morgan fingerprint density at radius 3 is 2.50 bits per heavy atom. The maximum absolute atomic E-state index is 5.36. The number of fused-ring (bicyclic) bond motifs is 1. The molecule has 0 aromatic carbocycles. The first kappa shape index (κ1) is 13.3. The number of anilines is 1. The number of ether oxygens (including phenoxy) is 1. The van der Waals surface area contributed by atoms with E-state index in [1.165, 1.54) is 0 Å². The minimum absolute atomic E-state index is 0.0115. The number of hydrogen-bond donors (Lipinski definition) is 0. The van der Waals surface area contributed by atoms with Crippen LogP contribution in [0.1, 0.15) is 32.2 Å². The normalized spacial score (nSPS) is 16.9. The first-order chi connectivity index (χ1) is 9.45. The molecule has 108 valence electrons. The van der Waals surface area contributed by atoms with Gasteiger partial charge in [0.1, 0.15) is 0 Å². The van der Waals surface area contributed by atoms with Gasteiger partial charge in [-0.2, -0.15) is 9.50 Å². The van der Waals surface area contributed by atoms with Gasteiger partial charge in [-0.05, 0) is 13.0 Å². The Labute approximate surface area is 118 Å². The third-order valence-corrected chi connectivity index (χ3v) is 3.54. The van der Waals surface area contributed by atoms with E-state index < -0.39 is 0 Å². The highest BCUT2D eigenvalue weighted by Crippen LogP contribution is 2.22. The van der Waals surface area contributed by atoms with Crippen LogP contribution in [0.3, 0.4) is 0 Å². The number of rotatable bonds is 1. The molecule has 0 saturated carbocycles. The van der Waals surface area contributed by atoms with E-state index in [0.717, 1.165) is 43.6 Å². The van der Waals surface area contributed by atoms with Crippen molar-refractivity contribution in [3.8, 4) is 0 Å². The quantitative estimate of drug-likeness (QED) is 0.790. The Morgan fingerprint density at radius 2 is 1.85 bits per heavy atom. The first-order valence-corrected chi connectivity index (χ1v) is 7.03. The molecule has 0 aliphatic carbocycles. The van der Waals surface area contributed by atoms with Crippen molar-refractivity contribution in [2.45, 2.75) is 33.1 Å². The molecule has 2 aromatic rings. The van der Waals surface area contributed by atoms with Crippen LogP contribution in [0.25, 0.3) is 5.78 Å². The molecule has 1 fully saturated rings. The second-order valence-electron chi connectivity index (χ2n) is 6.26. The van der Waals surface area contributed by atoms with Gasteiger partial charge in [-0.15, -0.1) is 5.10 Å². The molecule has 0 bridgehead atoms. The van der Waals surface area contributed by atoms with Crippen LogP contribution in [0.5, 0.6) is 0 Å². The van der Waals surface area contributed by atoms with Crippen molar-refractivity contribution in [2.24, 2.45) is 0 Å². The van der Waals surface area contributed by atoms with Crippen LogP contribution in [-0.4, -0.2) is 45.9 Å². The molecule has 6 heteroatoms. The number of morpholine rings is 1. The molecule has 0 radical (unpaired) electrons. The highest BCUT2D eigenvalue weighted by atomic mass is 16.5. The van der Waals surface area contributed by atoms with Crippen molar-refractivity contribution in [3.05, 3.63) is 17.5 Å². The van der Waals surface area contributed by atoms with Gasteiger partial charge in [-0.25, -0.2) is 4.98 Å². The van der Waals surface area contributed by atoms with Crippen LogP contribution in [-0.2, 0) is 10.2 Å². The van der Waals surface area contributed by atoms with E-state index in [2.05, 4.69) is 46.8 Å². The summed E-state index contributed by atoms with van der Waals surface area (Å²) in [5.74, 6) is 1.42. The fourth-order valence-corrected chi connectivity index (χ4v) is 2.28. The van der Waals surface area contributed by atoms with Gasteiger partial charge >= 0.3 is 0 Å². The van der Waals surface area contributed by atoms with Crippen LogP contribution in [0.15, 0.2) is 6.07 Å². The largest absolute Gasteiger partial charge is 0.378 e. The lowest BCUT2D eigenvalue weighted by Crippen LogP contribution is -2.36. The molecule has 20 heavy (non-hydrogen) atoms. The van der Waals surface area contributed by atoms with Gasteiger partial charge in [0.15, 0.2) is 0 Å². The van der Waals surface area contributed by atoms with Crippen molar-refractivity contribution in [1.29, 1.82) is 0 Å². The second-order valence-corrected chi connectivity index (χ2v) is 6.26. The summed E-state index contributed by atoms with van der Waals surface area (Å²) in [6.45, 7) is 11.6. The fraction of sp³-hybridized carbons (Fsp3) is 0.643. The predicted molar refractivity (Wildman–Crippen MR) is 77.3 cm³/mol. The van der Waals surface area contributed by atoms with Crippen LogP contribution in [0, 0.1) is 6.92 Å². The van der Waals surface area contributed by atoms with Gasteiger partial charge in [0.05, 0.1) is 18.9 Å². The third-order valence-electron chi connectivity index (χ3n) is 3.54. The number of aryl methyl sites for hydroxylation is 1. The van der Waals surface area contributed by atoms with Crippen LogP contribution in [0.4, 0.5) is 5.95 Å². The molecule has 3 heterocycles. The molecule has 6 nitrogen and oxygen atoms in total. The van der Waals surface area contributed by atoms with E-state index in [0.29, 0.717) is 5.78 Å². The Balaban J connectivity index is 2.04. The van der Waals surface area contributed by atoms with E-state index in [9.17, 15) is 0 Å². The van der Waals surface area contributed by atoms with Crippen molar-refractivity contribution in [1.82, 2.24) is 19.6 Å². The summed E-state index contributed by atoms with van der Waals surface area (Å²) in [7, 11) is 0. The number of hydrogen-bond acceptors (Lipinski definition) is 5. The summed E-state index contributed by atoms with van der Waals surface area (Å²) < 4.78 is 7.18. The molecular weight excluding hydrogens is 254 g/mol. The molecule has 1 aliphatic rings. The van der Waals surface area contributed by atoms with E-state index in [1.807, 2.05) is 11.4 Å². The average Bonchev–Trinajstić information content (AvgIpc) is 2.83. The van der Waals surface area contributed by atoms with Gasteiger partial charge in [-0.3, -0.25) is 0 Å². The van der Waals surface area contributed by atoms with Crippen LogP contribution < -0.4 is 4.90 Å². The molecule has 3 rings (SSSR count). The van der Waals surface area contributed by atoms with E-state index in [-0.39, 0.29) is 5.41 Å². The molecule has 0 N–H and O–H groups in total. The summed E-state index contributed by atoms with van der Waals surface area (Å²) in [5.41, 5.74) is 2.12. The van der Waals surface area contributed by atoms with Gasteiger partial charge < -0.3 is 9.64 Å². The highest BCUT2D eigenvalue weighted by molar-refractivity contribution is 5.42. The molecule has 1 saturated heterocycles. The zero-order valence-corrected chi connectivity index (χ0v) is 12.6. The average molecular weight is 275 g/mol. The van der Waals surface area contributed by atoms with E-state index in [4.69, 9.17) is 4.74 Å². The Kier molecular flexibility index (Phi) is 3.12. The highest BCUT2D eigenvalue weighted by Gasteiger charge is 2.21. The molecule has 2 aromatic heterocycles. The monoisotopic (exact) mass is 275 g/mol. The minimum Gasteiger partial charge on any atom is -0.378 e. The van der Waals surface area contributed by atoms with Gasteiger partial charge in [-0.1, -0.05) is 20.8 Å². The molecule has 1 aliphatic heterocycles. The van der Waals surface area contributed by atoms with E-state index >= 15 is 0 Å². The van der Waals surface area contributed by atoms with E-state index in [1.54, 1.807) is 0 Å². The molecule has 0 amide bonds. The maximum Gasteiger partial charge on any atom is 0.254 e. The summed E-state index contributed by atoms with van der Waals surface area (Å²) in [6.07, 6.45) is 0. The fourth-order valence-electron chi connectivity index (χ4n) is 2.28. The predicted octanol–water partition coefficient (Wildman–Crippen LogP) is 1.57. The molecule has 0 spiro atoms. The molecule has 0 unspecified atom stereocenters. The Morgan fingerprint density at radius 1 is 1.15 bits per heavy atom. The summed E-state index contributed by atoms with van der Waals surface area (Å²) >= 11 is 0. The third kappa shape index (κ3) is 2.35. The zero-order chi connectivity index (χ0) is 14.3. The van der Waals surface area contributed by atoms with Crippen LogP contribution >= 0.6 is 0 Å². The summed E-state index contributed by atoms with van der Waals surface area (Å²) in [6, 6.07) is 2.09. The maximum atomic E-state index is 5.36. The summed E-state index contributed by atoms with van der Waals surface area (Å²) in [5, 5.41) is 4.57. The lowest BCUT2D eigenvalue weighted by molar-refractivity contribution is 0.122. The summed E-state index contributed by atoms with van der Waals surface area (Å²) in [4.78, 5) is 11.4. The van der Waals surface area contributed by atoms with Crippen LogP contribution in [0.2, 0.25) is 0 Å². The van der Waals surface area contributed by atoms with Crippen molar-refractivity contribution in [3.63, 3.8) is 0 Å². The topological polar surface area (TPSA) is 55.5 Å². The Bertz CT molecular complexity index is 622. The van der Waals surface area contributed by atoms with Crippen molar-refractivity contribution in [2.75, 3.05) is 31.2 Å². The zero-order valence-electron chi connectivity index (χ0n) is 12.6. The lowest BCUT2D eigenvalue weighted by atomic mass is 9.92. The van der Waals surface area contributed by atoms with Crippen molar-refractivity contribution < 1.29 is 4.74 Å². The van der Waals surface area contributed by atoms with Gasteiger partial charge in [0.25, 0.3) is 5.78 Å². The minimum atomic E-state index is 0.0115. The van der Waals surface area contributed by atoms with Crippen molar-refractivity contribution >= 4 is 11.7 Å². The number of aromatic nitrogens is 4. The van der Waals surface area contributed by atoms with Gasteiger partial charge in [0, 0.05) is 24.2 Å². The lowest BCUT2D eigenvalue weighted by Gasteiger charge is -2.25.